The molecule has 0 aromatic heterocycles. The average Bonchev–Trinajstić information content (AvgIpc) is 2.77. The number of aryl methyl sites for hydroxylation is 6. The number of ether oxygens (including phenoxy) is 1. The molecule has 0 amide bonds. The Hall–Kier alpha value is -2.69. The number of rotatable bonds is 7. The van der Waals surface area contributed by atoms with Crippen molar-refractivity contribution in [2.75, 3.05) is 0 Å². The lowest BCUT2D eigenvalue weighted by molar-refractivity contribution is -0.143. The zero-order valence-electron chi connectivity index (χ0n) is 24.6. The van der Waals surface area contributed by atoms with Crippen LogP contribution in [0.2, 0.25) is 18.1 Å². The second-order valence-corrected chi connectivity index (χ2v) is 16.9. The van der Waals surface area contributed by atoms with Crippen LogP contribution in [0, 0.1) is 41.5 Å². The van der Waals surface area contributed by atoms with E-state index in [1.54, 1.807) is 0 Å². The SMILES string of the molecule is Cc1cc(C)c(OC(=O)[C@H](O[Si](C)(C)C(C)(C)C)[C@H](c2ccccc2)c2c(C)cc(C)cc2C)c(C)c1. The van der Waals surface area contributed by atoms with E-state index in [2.05, 4.69) is 98.0 Å². The molecule has 0 saturated heterocycles. The van der Waals surface area contributed by atoms with Crippen LogP contribution in [0.25, 0.3) is 0 Å². The van der Waals surface area contributed by atoms with E-state index in [1.165, 1.54) is 5.56 Å². The lowest BCUT2D eigenvalue weighted by Gasteiger charge is -2.41. The van der Waals surface area contributed by atoms with Gasteiger partial charge in [0.1, 0.15) is 5.75 Å². The highest BCUT2D eigenvalue weighted by atomic mass is 28.4. The monoisotopic (exact) mass is 516 g/mol. The zero-order chi connectivity index (χ0) is 27.7. The predicted molar refractivity (Wildman–Crippen MR) is 157 cm³/mol. The van der Waals surface area contributed by atoms with Gasteiger partial charge in [-0.25, -0.2) is 4.79 Å². The van der Waals surface area contributed by atoms with Crippen LogP contribution in [0.4, 0.5) is 0 Å². The van der Waals surface area contributed by atoms with Crippen LogP contribution in [0.3, 0.4) is 0 Å². The maximum atomic E-state index is 14.3. The summed E-state index contributed by atoms with van der Waals surface area (Å²) in [5.41, 5.74) is 8.77. The Bertz CT molecular complexity index is 1220. The lowest BCUT2D eigenvalue weighted by Crippen LogP contribution is -2.49. The first-order valence-corrected chi connectivity index (χ1v) is 16.1. The molecule has 37 heavy (non-hydrogen) atoms. The molecule has 0 bridgehead atoms. The van der Waals surface area contributed by atoms with Crippen molar-refractivity contribution in [2.24, 2.45) is 0 Å². The summed E-state index contributed by atoms with van der Waals surface area (Å²) in [6, 6.07) is 18.8. The maximum Gasteiger partial charge on any atom is 0.340 e. The van der Waals surface area contributed by atoms with E-state index in [0.29, 0.717) is 5.75 Å². The smallest absolute Gasteiger partial charge is 0.340 e. The number of hydrogen-bond donors (Lipinski definition) is 0. The molecular formula is C33H44O3Si. The quantitative estimate of drug-likeness (QED) is 0.179. The molecule has 0 saturated carbocycles. The van der Waals surface area contributed by atoms with E-state index in [9.17, 15) is 4.79 Å². The number of carbonyl (C=O) groups is 1. The molecule has 0 fully saturated rings. The predicted octanol–water partition coefficient (Wildman–Crippen LogP) is 8.67. The summed E-state index contributed by atoms with van der Waals surface area (Å²) >= 11 is 0. The van der Waals surface area contributed by atoms with Gasteiger partial charge < -0.3 is 9.16 Å². The van der Waals surface area contributed by atoms with E-state index in [4.69, 9.17) is 9.16 Å². The number of esters is 1. The Balaban J connectivity index is 2.24. The molecule has 3 rings (SSSR count). The Morgan fingerprint density at radius 2 is 1.22 bits per heavy atom. The minimum absolute atomic E-state index is 0.0696. The third kappa shape index (κ3) is 6.42. The number of hydrogen-bond acceptors (Lipinski definition) is 3. The zero-order valence-corrected chi connectivity index (χ0v) is 25.6. The summed E-state index contributed by atoms with van der Waals surface area (Å²) in [4.78, 5) is 14.3. The van der Waals surface area contributed by atoms with Gasteiger partial charge in [-0.05, 0) is 93.1 Å². The summed E-state index contributed by atoms with van der Waals surface area (Å²) in [6.07, 6.45) is -0.788. The van der Waals surface area contributed by atoms with Gasteiger partial charge in [-0.1, -0.05) is 86.5 Å². The van der Waals surface area contributed by atoms with Crippen LogP contribution >= 0.6 is 0 Å². The van der Waals surface area contributed by atoms with Crippen LogP contribution in [0.15, 0.2) is 54.6 Å². The van der Waals surface area contributed by atoms with Crippen LogP contribution < -0.4 is 4.74 Å². The van der Waals surface area contributed by atoms with Crippen LogP contribution in [-0.2, 0) is 9.22 Å². The second-order valence-electron chi connectivity index (χ2n) is 12.1. The lowest BCUT2D eigenvalue weighted by atomic mass is 9.81. The largest absolute Gasteiger partial charge is 0.424 e. The molecule has 3 nitrogen and oxygen atoms in total. The minimum atomic E-state index is -2.36. The van der Waals surface area contributed by atoms with Crippen LogP contribution in [0.1, 0.15) is 71.2 Å². The van der Waals surface area contributed by atoms with Crippen molar-refractivity contribution >= 4 is 14.3 Å². The fourth-order valence-electron chi connectivity index (χ4n) is 5.07. The molecule has 3 aromatic carbocycles. The highest BCUT2D eigenvalue weighted by molar-refractivity contribution is 6.74. The molecule has 0 unspecified atom stereocenters. The van der Waals surface area contributed by atoms with Crippen LogP contribution in [-0.4, -0.2) is 20.4 Å². The minimum Gasteiger partial charge on any atom is -0.424 e. The molecule has 2 atom stereocenters. The van der Waals surface area contributed by atoms with Gasteiger partial charge in [-0.2, -0.15) is 0 Å². The molecule has 0 aliphatic rings. The molecule has 0 radical (unpaired) electrons. The van der Waals surface area contributed by atoms with Crippen molar-refractivity contribution in [3.8, 4) is 5.75 Å². The standard InChI is InChI=1S/C33H44O3Si/c1-21-17-23(3)28(24(4)18-21)29(27-15-13-12-14-16-27)31(36-37(10,11)33(7,8)9)32(34)35-30-25(5)19-22(2)20-26(30)6/h12-20,29,31H,1-11H3/t29-,31-/m1/s1. The van der Waals surface area contributed by atoms with E-state index in [1.807, 2.05) is 32.0 Å². The average molecular weight is 517 g/mol. The summed E-state index contributed by atoms with van der Waals surface area (Å²) < 4.78 is 13.3. The summed E-state index contributed by atoms with van der Waals surface area (Å²) in [7, 11) is -2.36. The van der Waals surface area contributed by atoms with Gasteiger partial charge in [0.25, 0.3) is 0 Å². The Morgan fingerprint density at radius 3 is 1.68 bits per heavy atom. The van der Waals surface area contributed by atoms with Crippen molar-refractivity contribution in [1.29, 1.82) is 0 Å². The van der Waals surface area contributed by atoms with Crippen molar-refractivity contribution in [1.82, 2.24) is 0 Å². The van der Waals surface area contributed by atoms with Crippen molar-refractivity contribution in [3.05, 3.63) is 99.1 Å². The highest BCUT2D eigenvalue weighted by Gasteiger charge is 2.45. The van der Waals surface area contributed by atoms with Gasteiger partial charge in [-0.15, -0.1) is 0 Å². The first-order valence-electron chi connectivity index (χ1n) is 13.2. The fourth-order valence-corrected chi connectivity index (χ4v) is 6.29. The molecule has 0 heterocycles. The van der Waals surface area contributed by atoms with Gasteiger partial charge in [-0.3, -0.25) is 0 Å². The molecule has 0 spiro atoms. The molecule has 3 aromatic rings. The summed E-state index contributed by atoms with van der Waals surface area (Å²) in [6.45, 7) is 23.4. The first-order chi connectivity index (χ1) is 17.1. The Morgan fingerprint density at radius 1 is 0.757 bits per heavy atom. The Labute approximate surface area is 225 Å². The third-order valence-electron chi connectivity index (χ3n) is 7.78. The van der Waals surface area contributed by atoms with E-state index in [-0.39, 0.29) is 16.9 Å². The summed E-state index contributed by atoms with van der Waals surface area (Å²) in [5.74, 6) is -0.00816. The third-order valence-corrected chi connectivity index (χ3v) is 12.2. The van der Waals surface area contributed by atoms with E-state index < -0.39 is 14.4 Å². The van der Waals surface area contributed by atoms with Gasteiger partial charge >= 0.3 is 5.97 Å². The molecule has 0 N–H and O–H groups in total. The Kier molecular flexibility index (Phi) is 8.56. The van der Waals surface area contributed by atoms with Gasteiger partial charge in [0, 0.05) is 5.92 Å². The summed E-state index contributed by atoms with van der Waals surface area (Å²) in [5, 5.41) is -0.0696. The van der Waals surface area contributed by atoms with Gasteiger partial charge in [0.2, 0.25) is 0 Å². The van der Waals surface area contributed by atoms with Crippen molar-refractivity contribution in [2.45, 2.75) is 92.5 Å². The molecule has 4 heteroatoms. The fraction of sp³-hybridized carbons (Fsp3) is 0.424. The van der Waals surface area contributed by atoms with Crippen molar-refractivity contribution in [3.63, 3.8) is 0 Å². The van der Waals surface area contributed by atoms with Crippen LogP contribution in [0.5, 0.6) is 5.75 Å². The highest BCUT2D eigenvalue weighted by Crippen LogP contribution is 2.42. The molecular weight excluding hydrogens is 472 g/mol. The number of benzene rings is 3. The maximum absolute atomic E-state index is 14.3. The molecule has 198 valence electrons. The van der Waals surface area contributed by atoms with Gasteiger partial charge in [0.15, 0.2) is 14.4 Å². The first kappa shape index (κ1) is 28.9. The van der Waals surface area contributed by atoms with Crippen molar-refractivity contribution < 1.29 is 14.0 Å². The number of carbonyl (C=O) groups excluding carboxylic acids is 1. The molecule has 0 aliphatic carbocycles. The van der Waals surface area contributed by atoms with Gasteiger partial charge in [0.05, 0.1) is 0 Å². The van der Waals surface area contributed by atoms with E-state index >= 15 is 0 Å². The van der Waals surface area contributed by atoms with E-state index in [0.717, 1.165) is 38.9 Å². The second kappa shape index (κ2) is 11.0. The topological polar surface area (TPSA) is 35.5 Å². The molecule has 0 aliphatic heterocycles. The normalized spacial score (nSPS) is 13.8.